The van der Waals surface area contributed by atoms with Crippen molar-refractivity contribution in [1.29, 1.82) is 0 Å². The zero-order valence-electron chi connectivity index (χ0n) is 18.7. The fourth-order valence-electron chi connectivity index (χ4n) is 4.08. The highest BCUT2D eigenvalue weighted by Gasteiger charge is 2.23. The second-order valence-corrected chi connectivity index (χ2v) is 8.14. The lowest BCUT2D eigenvalue weighted by atomic mass is 9.84. The molecule has 0 spiro atoms. The molecule has 1 aromatic carbocycles. The van der Waals surface area contributed by atoms with Gasteiger partial charge >= 0.3 is 0 Å². The average Bonchev–Trinajstić information content (AvgIpc) is 2.86. The fourth-order valence-corrected chi connectivity index (χ4v) is 4.08. The maximum absolute atomic E-state index is 14.5. The second kappa shape index (κ2) is 10.3. The van der Waals surface area contributed by atoms with Gasteiger partial charge in [-0.3, -0.25) is 4.79 Å². The van der Waals surface area contributed by atoms with Crippen molar-refractivity contribution in [2.75, 3.05) is 12.4 Å². The molecule has 3 aromatic rings. The third kappa shape index (κ3) is 5.42. The monoisotopic (exact) mass is 450 g/mol. The van der Waals surface area contributed by atoms with Gasteiger partial charge < -0.3 is 15.4 Å². The first-order chi connectivity index (χ1) is 16.0. The molecule has 1 aliphatic rings. The zero-order valence-corrected chi connectivity index (χ0v) is 18.7. The van der Waals surface area contributed by atoms with Gasteiger partial charge in [0.15, 0.2) is 5.82 Å². The van der Waals surface area contributed by atoms with E-state index in [1.165, 1.54) is 43.8 Å². The van der Waals surface area contributed by atoms with Crippen LogP contribution in [0.5, 0.6) is 11.6 Å². The standard InChI is InChI=1S/C24H27FN6O2/c1-15(16-7-4-3-5-8-16)30-22(32)19-13-17(10-11-20(19)25)33-23-18(9-6-12-27-23)21-28-14-29-24(26-2)31-21/h6,9-16H,3-5,7-8H2,1-2H3,(H,30,32)(H,26,28,29,31)/t15-/m1/s1. The van der Waals surface area contributed by atoms with E-state index in [0.29, 0.717) is 23.3 Å². The van der Waals surface area contributed by atoms with E-state index in [1.807, 2.05) is 6.92 Å². The summed E-state index contributed by atoms with van der Waals surface area (Å²) in [5.41, 5.74) is 0.475. The molecule has 9 heteroatoms. The van der Waals surface area contributed by atoms with Crippen LogP contribution < -0.4 is 15.4 Å². The molecule has 1 atom stereocenters. The van der Waals surface area contributed by atoms with Crippen LogP contribution in [-0.4, -0.2) is 38.9 Å². The molecule has 8 nitrogen and oxygen atoms in total. The van der Waals surface area contributed by atoms with Crippen LogP contribution in [0.15, 0.2) is 42.9 Å². The molecule has 2 aromatic heterocycles. The Morgan fingerprint density at radius 1 is 1.15 bits per heavy atom. The molecule has 0 saturated heterocycles. The number of aromatic nitrogens is 4. The van der Waals surface area contributed by atoms with E-state index < -0.39 is 11.7 Å². The molecular weight excluding hydrogens is 423 g/mol. The third-order valence-corrected chi connectivity index (χ3v) is 5.92. The minimum atomic E-state index is -0.604. The van der Waals surface area contributed by atoms with E-state index in [9.17, 15) is 9.18 Å². The summed E-state index contributed by atoms with van der Waals surface area (Å²) >= 11 is 0. The van der Waals surface area contributed by atoms with Crippen LogP contribution in [0.3, 0.4) is 0 Å². The zero-order chi connectivity index (χ0) is 23.2. The minimum absolute atomic E-state index is 0.0191. The molecule has 1 aliphatic carbocycles. The first-order valence-electron chi connectivity index (χ1n) is 11.2. The number of benzene rings is 1. The van der Waals surface area contributed by atoms with Gasteiger partial charge in [-0.05, 0) is 56.0 Å². The number of halogens is 1. The topological polar surface area (TPSA) is 102 Å². The second-order valence-electron chi connectivity index (χ2n) is 8.14. The maximum atomic E-state index is 14.5. The summed E-state index contributed by atoms with van der Waals surface area (Å²) < 4.78 is 20.4. The normalized spacial score (nSPS) is 15.0. The van der Waals surface area contributed by atoms with Crippen molar-refractivity contribution >= 4 is 11.9 Å². The highest BCUT2D eigenvalue weighted by Crippen LogP contribution is 2.31. The summed E-state index contributed by atoms with van der Waals surface area (Å²) in [6, 6.07) is 7.56. The highest BCUT2D eigenvalue weighted by atomic mass is 19.1. The first-order valence-corrected chi connectivity index (χ1v) is 11.2. The van der Waals surface area contributed by atoms with Crippen molar-refractivity contribution in [2.24, 2.45) is 5.92 Å². The summed E-state index contributed by atoms with van der Waals surface area (Å²) in [5.74, 6) is 0.668. The Morgan fingerprint density at radius 3 is 2.76 bits per heavy atom. The third-order valence-electron chi connectivity index (χ3n) is 5.92. The molecule has 2 N–H and O–H groups in total. The van der Waals surface area contributed by atoms with Gasteiger partial charge in [-0.2, -0.15) is 4.98 Å². The number of pyridine rings is 1. The molecule has 0 aliphatic heterocycles. The predicted molar refractivity (Wildman–Crippen MR) is 123 cm³/mol. The summed E-state index contributed by atoms with van der Waals surface area (Å²) in [5, 5.41) is 5.83. The van der Waals surface area contributed by atoms with Crippen LogP contribution in [0, 0.1) is 11.7 Å². The van der Waals surface area contributed by atoms with Crippen molar-refractivity contribution in [3.8, 4) is 23.0 Å². The molecule has 1 fully saturated rings. The van der Waals surface area contributed by atoms with E-state index in [0.717, 1.165) is 12.8 Å². The number of anilines is 1. The highest BCUT2D eigenvalue weighted by molar-refractivity contribution is 5.95. The van der Waals surface area contributed by atoms with Gasteiger partial charge in [0.25, 0.3) is 5.91 Å². The largest absolute Gasteiger partial charge is 0.438 e. The van der Waals surface area contributed by atoms with Crippen LogP contribution >= 0.6 is 0 Å². The SMILES string of the molecule is CNc1ncnc(-c2cccnc2Oc2ccc(F)c(C(=O)N[C@H](C)C3CCCCC3)c2)n1. The van der Waals surface area contributed by atoms with Crippen molar-refractivity contribution in [3.63, 3.8) is 0 Å². The molecular formula is C24H27FN6O2. The minimum Gasteiger partial charge on any atom is -0.438 e. The van der Waals surface area contributed by atoms with Gasteiger partial charge in [-0.25, -0.2) is 19.3 Å². The molecule has 2 heterocycles. The smallest absolute Gasteiger partial charge is 0.254 e. The Labute approximate surface area is 192 Å². The van der Waals surface area contributed by atoms with Crippen molar-refractivity contribution < 1.29 is 13.9 Å². The van der Waals surface area contributed by atoms with Crippen molar-refractivity contribution in [1.82, 2.24) is 25.3 Å². The Bertz CT molecular complexity index is 1120. The molecule has 4 rings (SSSR count). The summed E-state index contributed by atoms with van der Waals surface area (Å²) in [6.45, 7) is 1.99. The molecule has 1 amide bonds. The van der Waals surface area contributed by atoms with Crippen LogP contribution in [-0.2, 0) is 0 Å². The lowest BCUT2D eigenvalue weighted by molar-refractivity contribution is 0.0915. The number of carbonyl (C=O) groups is 1. The summed E-state index contributed by atoms with van der Waals surface area (Å²) in [6.07, 6.45) is 8.71. The van der Waals surface area contributed by atoms with E-state index in [4.69, 9.17) is 4.74 Å². The van der Waals surface area contributed by atoms with E-state index in [1.54, 1.807) is 25.4 Å². The fraction of sp³-hybridized carbons (Fsp3) is 0.375. The number of carbonyl (C=O) groups excluding carboxylic acids is 1. The van der Waals surface area contributed by atoms with E-state index >= 15 is 0 Å². The number of rotatable bonds is 7. The summed E-state index contributed by atoms with van der Waals surface area (Å²) in [4.78, 5) is 29.6. The maximum Gasteiger partial charge on any atom is 0.254 e. The predicted octanol–water partition coefficient (Wildman–Crippen LogP) is 4.61. The van der Waals surface area contributed by atoms with Gasteiger partial charge in [0.1, 0.15) is 17.9 Å². The molecule has 0 unspecified atom stereocenters. The average molecular weight is 451 g/mol. The number of nitrogens with one attached hydrogen (secondary N) is 2. The van der Waals surface area contributed by atoms with Gasteiger partial charge in [-0.15, -0.1) is 0 Å². The van der Waals surface area contributed by atoms with Gasteiger partial charge in [0.2, 0.25) is 11.8 Å². The number of ether oxygens (including phenoxy) is 1. The summed E-state index contributed by atoms with van der Waals surface area (Å²) in [7, 11) is 1.71. The Morgan fingerprint density at radius 2 is 1.97 bits per heavy atom. The molecule has 33 heavy (non-hydrogen) atoms. The first kappa shape index (κ1) is 22.6. The molecule has 0 radical (unpaired) electrons. The van der Waals surface area contributed by atoms with Gasteiger partial charge in [0, 0.05) is 19.3 Å². The van der Waals surface area contributed by atoms with Crippen molar-refractivity contribution in [2.45, 2.75) is 45.1 Å². The van der Waals surface area contributed by atoms with E-state index in [-0.39, 0.29) is 23.2 Å². The van der Waals surface area contributed by atoms with Gasteiger partial charge in [0.05, 0.1) is 11.1 Å². The quantitative estimate of drug-likeness (QED) is 0.542. The van der Waals surface area contributed by atoms with Gasteiger partial charge in [-0.1, -0.05) is 19.3 Å². The van der Waals surface area contributed by atoms with Crippen LogP contribution in [0.25, 0.3) is 11.4 Å². The van der Waals surface area contributed by atoms with E-state index in [2.05, 4.69) is 30.6 Å². The number of hydrogen-bond acceptors (Lipinski definition) is 7. The Kier molecular flexibility index (Phi) is 7.07. The molecule has 172 valence electrons. The lowest BCUT2D eigenvalue weighted by Gasteiger charge is -2.28. The van der Waals surface area contributed by atoms with Crippen molar-refractivity contribution in [3.05, 3.63) is 54.2 Å². The lowest BCUT2D eigenvalue weighted by Crippen LogP contribution is -2.39. The number of nitrogens with zero attached hydrogens (tertiary/aromatic N) is 4. The Balaban J connectivity index is 1.54. The number of hydrogen-bond donors (Lipinski definition) is 2. The molecule has 1 saturated carbocycles. The Hall–Kier alpha value is -3.62. The van der Waals surface area contributed by atoms with Crippen LogP contribution in [0.2, 0.25) is 0 Å². The molecule has 0 bridgehead atoms. The van der Waals surface area contributed by atoms with Crippen LogP contribution in [0.1, 0.15) is 49.4 Å². The number of amides is 1. The van der Waals surface area contributed by atoms with Crippen LogP contribution in [0.4, 0.5) is 10.3 Å².